The van der Waals surface area contributed by atoms with E-state index in [1.165, 1.54) is 0 Å². The van der Waals surface area contributed by atoms with E-state index >= 15 is 0 Å². The minimum atomic E-state index is -5.10. The molecule has 0 aliphatic heterocycles. The first-order valence-electron chi connectivity index (χ1n) is 9.09. The molecule has 0 N–H and O–H groups in total. The lowest BCUT2D eigenvalue weighted by atomic mass is 10.0. The molecule has 3 aromatic rings. The molecule has 0 atom stereocenters. The largest absolute Gasteiger partial charge is 0.491 e. The highest BCUT2D eigenvalue weighted by Gasteiger charge is 2.47. The van der Waals surface area contributed by atoms with E-state index in [9.17, 15) is 18.0 Å². The third kappa shape index (κ3) is 4.32. The maximum Gasteiger partial charge on any atom is 0.491 e. The zero-order chi connectivity index (χ0) is 21.1. The van der Waals surface area contributed by atoms with E-state index in [-0.39, 0.29) is 5.92 Å². The molecule has 3 aromatic carbocycles. The van der Waals surface area contributed by atoms with E-state index in [2.05, 4.69) is 0 Å². The summed E-state index contributed by atoms with van der Waals surface area (Å²) >= 11 is 0. The molecule has 0 aromatic heterocycles. The van der Waals surface area contributed by atoms with Gasteiger partial charge < -0.3 is 4.18 Å². The monoisotopic (exact) mass is 418 g/mol. The molecule has 29 heavy (non-hydrogen) atoms. The molecule has 0 aliphatic carbocycles. The van der Waals surface area contributed by atoms with Crippen molar-refractivity contribution in [1.82, 2.24) is 0 Å². The minimum Gasteiger partial charge on any atom is -0.395 e. The van der Waals surface area contributed by atoms with E-state index in [0.717, 1.165) is 5.56 Å². The highest BCUT2D eigenvalue weighted by atomic mass is 32.3. The lowest BCUT2D eigenvalue weighted by molar-refractivity contribution is -0.188. The van der Waals surface area contributed by atoms with Crippen LogP contribution in [-0.2, 0) is 8.98 Å². The molecule has 0 saturated heterocycles. The summed E-state index contributed by atoms with van der Waals surface area (Å²) in [7, 11) is -2.93. The third-order valence-corrected chi connectivity index (χ3v) is 7.67. The van der Waals surface area contributed by atoms with Gasteiger partial charge in [0.05, 0.1) is 0 Å². The van der Waals surface area contributed by atoms with E-state index in [0.29, 0.717) is 14.7 Å². The number of carbonyl (C=O) groups excluding carboxylic acids is 1. The highest BCUT2D eigenvalue weighted by Crippen LogP contribution is 2.69. The van der Waals surface area contributed by atoms with Crippen molar-refractivity contribution < 1.29 is 22.1 Å². The average Bonchev–Trinajstić information content (AvgIpc) is 2.72. The fourth-order valence-corrected chi connectivity index (χ4v) is 6.01. The first-order valence-corrected chi connectivity index (χ1v) is 10.6. The van der Waals surface area contributed by atoms with Crippen molar-refractivity contribution in [3.05, 3.63) is 90.5 Å². The van der Waals surface area contributed by atoms with Crippen LogP contribution in [0.3, 0.4) is 0 Å². The van der Waals surface area contributed by atoms with E-state index in [4.69, 9.17) is 4.18 Å². The summed E-state index contributed by atoms with van der Waals surface area (Å²) in [4.78, 5) is 13.6. The summed E-state index contributed by atoms with van der Waals surface area (Å²) in [5, 5.41) is 0. The van der Waals surface area contributed by atoms with Gasteiger partial charge in [0.2, 0.25) is 0 Å². The van der Waals surface area contributed by atoms with Gasteiger partial charge in [-0.1, -0.05) is 62.4 Å². The number of carbonyl (C=O) groups is 1. The molecule has 0 fully saturated rings. The molecule has 6 heteroatoms. The van der Waals surface area contributed by atoms with Crippen LogP contribution < -0.4 is 0 Å². The van der Waals surface area contributed by atoms with Crippen LogP contribution in [0.25, 0.3) is 0 Å². The molecule has 0 spiro atoms. The van der Waals surface area contributed by atoms with E-state index in [1.54, 1.807) is 72.8 Å². The Hall–Kier alpha value is -2.73. The van der Waals surface area contributed by atoms with Gasteiger partial charge in [-0.05, 0) is 58.2 Å². The zero-order valence-electron chi connectivity index (χ0n) is 16.0. The van der Waals surface area contributed by atoms with Gasteiger partial charge >= 0.3 is 12.1 Å². The fourth-order valence-electron chi connectivity index (χ4n) is 2.98. The van der Waals surface area contributed by atoms with Crippen molar-refractivity contribution in [3.63, 3.8) is 0 Å². The zero-order valence-corrected chi connectivity index (χ0v) is 16.8. The highest BCUT2D eigenvalue weighted by molar-refractivity contribution is 8.30. The minimum absolute atomic E-state index is 0.264. The molecule has 2 nitrogen and oxygen atoms in total. The molecule has 3 rings (SSSR count). The van der Waals surface area contributed by atoms with Crippen LogP contribution >= 0.6 is 10.3 Å². The maximum absolute atomic E-state index is 13.2. The summed E-state index contributed by atoms with van der Waals surface area (Å²) < 4.78 is 45.1. The van der Waals surface area contributed by atoms with Gasteiger partial charge in [-0.15, -0.1) is 0 Å². The Morgan fingerprint density at radius 1 is 0.759 bits per heavy atom. The number of rotatable bonds is 5. The van der Waals surface area contributed by atoms with Crippen LogP contribution in [0, 0.1) is 0 Å². The number of benzene rings is 3. The summed E-state index contributed by atoms with van der Waals surface area (Å²) in [6.45, 7) is 4.07. The quantitative estimate of drug-likeness (QED) is 0.441. The second kappa shape index (κ2) is 8.33. The first kappa shape index (κ1) is 21.0. The molecular formula is C23H21F3O2S. The van der Waals surface area contributed by atoms with Crippen molar-refractivity contribution in [3.8, 4) is 0 Å². The Bertz CT molecular complexity index is 913. The maximum atomic E-state index is 13.2. The van der Waals surface area contributed by atoms with Crippen molar-refractivity contribution in [2.75, 3.05) is 0 Å². The topological polar surface area (TPSA) is 26.3 Å². The predicted octanol–water partition coefficient (Wildman–Crippen LogP) is 7.11. The van der Waals surface area contributed by atoms with Gasteiger partial charge in [-0.25, -0.2) is 4.79 Å². The Balaban J connectivity index is 2.29. The molecule has 152 valence electrons. The molecule has 0 saturated carbocycles. The second-order valence-corrected chi connectivity index (χ2v) is 9.47. The lowest BCUT2D eigenvalue weighted by Gasteiger charge is -2.40. The molecule has 0 radical (unpaired) electrons. The van der Waals surface area contributed by atoms with Crippen molar-refractivity contribution in [2.45, 2.75) is 40.6 Å². The van der Waals surface area contributed by atoms with Crippen LogP contribution in [0.1, 0.15) is 25.3 Å². The number of alkyl halides is 3. The molecule has 0 bridgehead atoms. The SMILES string of the molecule is CC(C)c1ccc(S(OC(=O)C(F)(F)F)(c2ccccc2)c2ccccc2)cc1. The smallest absolute Gasteiger partial charge is 0.395 e. The Kier molecular flexibility index (Phi) is 6.03. The van der Waals surface area contributed by atoms with Crippen LogP contribution in [0.2, 0.25) is 0 Å². The predicted molar refractivity (Wildman–Crippen MR) is 108 cm³/mol. The normalized spacial score (nSPS) is 12.6. The van der Waals surface area contributed by atoms with Gasteiger partial charge in [0.15, 0.2) is 0 Å². The number of halogens is 3. The second-order valence-electron chi connectivity index (χ2n) is 6.77. The van der Waals surface area contributed by atoms with E-state index in [1.807, 2.05) is 26.0 Å². The molecule has 0 unspecified atom stereocenters. The van der Waals surface area contributed by atoms with E-state index < -0.39 is 22.5 Å². The van der Waals surface area contributed by atoms with Gasteiger partial charge in [-0.2, -0.15) is 13.2 Å². The van der Waals surface area contributed by atoms with Gasteiger partial charge in [0.1, 0.15) is 0 Å². The van der Waals surface area contributed by atoms with Gasteiger partial charge in [0, 0.05) is 14.7 Å². The average molecular weight is 418 g/mol. The summed E-state index contributed by atoms with van der Waals surface area (Å²) in [5.41, 5.74) is 1.05. The Morgan fingerprint density at radius 3 is 1.55 bits per heavy atom. The molecular weight excluding hydrogens is 397 g/mol. The summed E-state index contributed by atoms with van der Waals surface area (Å²) in [5.74, 6) is -1.94. The molecule has 0 amide bonds. The van der Waals surface area contributed by atoms with Crippen molar-refractivity contribution in [2.24, 2.45) is 0 Å². The Morgan fingerprint density at radius 2 is 1.17 bits per heavy atom. The fraction of sp³-hybridized carbons (Fsp3) is 0.174. The van der Waals surface area contributed by atoms with Gasteiger partial charge in [-0.3, -0.25) is 0 Å². The van der Waals surface area contributed by atoms with Crippen LogP contribution in [0.15, 0.2) is 99.6 Å². The Labute approximate surface area is 169 Å². The lowest BCUT2D eigenvalue weighted by Crippen LogP contribution is -2.27. The number of hydrogen-bond acceptors (Lipinski definition) is 2. The van der Waals surface area contributed by atoms with Gasteiger partial charge in [0.25, 0.3) is 0 Å². The van der Waals surface area contributed by atoms with Crippen LogP contribution in [0.5, 0.6) is 0 Å². The molecule has 0 aliphatic rings. The van der Waals surface area contributed by atoms with Crippen LogP contribution in [0.4, 0.5) is 13.2 Å². The summed E-state index contributed by atoms with van der Waals surface area (Å²) in [6.07, 6.45) is -5.10. The summed E-state index contributed by atoms with van der Waals surface area (Å²) in [6, 6.07) is 24.5. The van der Waals surface area contributed by atoms with Crippen LogP contribution in [-0.4, -0.2) is 12.1 Å². The van der Waals surface area contributed by atoms with Crippen molar-refractivity contribution >= 4 is 16.3 Å². The molecule has 0 heterocycles. The third-order valence-electron chi connectivity index (χ3n) is 4.46. The number of hydrogen-bond donors (Lipinski definition) is 0. The standard InChI is InChI=1S/C23H21F3O2S/c1-17(2)18-13-15-21(16-14-18)29(19-9-5-3-6-10-19,20-11-7-4-8-12-20)28-22(27)23(24,25)26/h3-17H,1-2H3. The van der Waals surface area contributed by atoms with Crippen molar-refractivity contribution in [1.29, 1.82) is 0 Å². The first-order chi connectivity index (χ1) is 13.7.